The smallest absolute Gasteiger partial charge is 0.416 e. The van der Waals surface area contributed by atoms with Gasteiger partial charge in [0.05, 0.1) is 22.8 Å². The summed E-state index contributed by atoms with van der Waals surface area (Å²) in [5.41, 5.74) is 6.72. The van der Waals surface area contributed by atoms with Crippen LogP contribution in [0, 0.1) is 0 Å². The molecule has 0 bridgehead atoms. The third-order valence-electron chi connectivity index (χ3n) is 5.67. The highest BCUT2D eigenvalue weighted by Crippen LogP contribution is 2.33. The molecule has 0 aliphatic carbocycles. The number of hydrogen-bond acceptors (Lipinski definition) is 8. The Morgan fingerprint density at radius 3 is 2.53 bits per heavy atom. The van der Waals surface area contributed by atoms with E-state index in [1.54, 1.807) is 36.7 Å². The van der Waals surface area contributed by atoms with Crippen molar-refractivity contribution in [2.45, 2.75) is 19.1 Å². The maximum absolute atomic E-state index is 13.1. The van der Waals surface area contributed by atoms with Crippen molar-refractivity contribution >= 4 is 22.8 Å². The largest absolute Gasteiger partial charge is 0.436 e. The van der Waals surface area contributed by atoms with Crippen molar-refractivity contribution in [3.05, 3.63) is 94.5 Å². The van der Waals surface area contributed by atoms with Gasteiger partial charge in [0.25, 0.3) is 5.56 Å². The summed E-state index contributed by atoms with van der Waals surface area (Å²) in [4.78, 5) is 31.7. The zero-order chi connectivity index (χ0) is 26.9. The van der Waals surface area contributed by atoms with Crippen LogP contribution in [0.5, 0.6) is 11.6 Å². The molecule has 1 atom stereocenters. The maximum Gasteiger partial charge on any atom is 0.416 e. The fourth-order valence-electron chi connectivity index (χ4n) is 3.72. The predicted molar refractivity (Wildman–Crippen MR) is 136 cm³/mol. The van der Waals surface area contributed by atoms with Crippen LogP contribution in [0.4, 0.5) is 24.9 Å². The highest BCUT2D eigenvalue weighted by atomic mass is 19.4. The number of aromatic nitrogens is 5. The molecule has 0 fully saturated rings. The molecule has 12 heteroatoms. The van der Waals surface area contributed by atoms with E-state index in [2.05, 4.69) is 30.2 Å². The highest BCUT2D eigenvalue weighted by molar-refractivity contribution is 5.82. The van der Waals surface area contributed by atoms with E-state index in [0.717, 1.165) is 17.7 Å². The standard InChI is InChI=1S/C26H20F3N7O2/c1-14(16-4-3-11-31-13-16)32-25-34-19(15-7-9-17(10-8-15)26(27,28)29)12-21(35-25)38-20-6-2-5-18-22(20)36-23(30)24(37)33-18/h2-14H,1H3,(H2,30,36)(H,33,37)(H,32,34,35). The van der Waals surface area contributed by atoms with Gasteiger partial charge in [0.2, 0.25) is 11.8 Å². The van der Waals surface area contributed by atoms with E-state index in [4.69, 9.17) is 10.5 Å². The second kappa shape index (κ2) is 9.81. The summed E-state index contributed by atoms with van der Waals surface area (Å²) >= 11 is 0. The molecule has 3 aromatic heterocycles. The Labute approximate surface area is 213 Å². The zero-order valence-electron chi connectivity index (χ0n) is 19.8. The normalized spacial score (nSPS) is 12.3. The molecule has 0 saturated carbocycles. The minimum absolute atomic E-state index is 0.0925. The number of aromatic amines is 1. The first-order valence-electron chi connectivity index (χ1n) is 11.4. The Morgan fingerprint density at radius 2 is 1.82 bits per heavy atom. The van der Waals surface area contributed by atoms with Gasteiger partial charge in [0.15, 0.2) is 11.6 Å². The van der Waals surface area contributed by atoms with Crippen LogP contribution < -0.4 is 21.3 Å². The molecule has 192 valence electrons. The fraction of sp³-hybridized carbons (Fsp3) is 0.115. The van der Waals surface area contributed by atoms with E-state index in [1.807, 2.05) is 13.0 Å². The number of nitrogen functional groups attached to an aromatic ring is 1. The Bertz CT molecular complexity index is 1660. The van der Waals surface area contributed by atoms with Gasteiger partial charge in [0, 0.05) is 24.0 Å². The molecular weight excluding hydrogens is 499 g/mol. The van der Waals surface area contributed by atoms with Crippen LogP contribution in [-0.4, -0.2) is 24.9 Å². The molecule has 0 saturated heterocycles. The van der Waals surface area contributed by atoms with E-state index in [1.165, 1.54) is 18.2 Å². The van der Waals surface area contributed by atoms with Gasteiger partial charge in [-0.05, 0) is 42.8 Å². The first kappa shape index (κ1) is 24.7. The van der Waals surface area contributed by atoms with Crippen molar-refractivity contribution in [1.82, 2.24) is 24.9 Å². The number of H-pyrrole nitrogens is 1. The maximum atomic E-state index is 13.1. The van der Waals surface area contributed by atoms with Crippen LogP contribution >= 0.6 is 0 Å². The summed E-state index contributed by atoms with van der Waals surface area (Å²) in [7, 11) is 0. The molecule has 2 aromatic carbocycles. The van der Waals surface area contributed by atoms with Crippen molar-refractivity contribution in [2.24, 2.45) is 0 Å². The number of hydrogen-bond donors (Lipinski definition) is 3. The van der Waals surface area contributed by atoms with Gasteiger partial charge in [-0.3, -0.25) is 9.78 Å². The SMILES string of the molecule is CC(Nc1nc(Oc2cccc3[nH]c(=O)c(N)nc23)cc(-c2ccc(C(F)(F)F)cc2)n1)c1cccnc1. The number of para-hydroxylation sites is 1. The van der Waals surface area contributed by atoms with Crippen molar-refractivity contribution in [3.8, 4) is 22.9 Å². The first-order valence-corrected chi connectivity index (χ1v) is 11.4. The summed E-state index contributed by atoms with van der Waals surface area (Å²) in [6.07, 6.45) is -1.11. The molecule has 5 aromatic rings. The van der Waals surface area contributed by atoms with Crippen molar-refractivity contribution in [2.75, 3.05) is 11.1 Å². The fourth-order valence-corrected chi connectivity index (χ4v) is 3.72. The summed E-state index contributed by atoms with van der Waals surface area (Å²) in [5, 5.41) is 3.18. The van der Waals surface area contributed by atoms with Gasteiger partial charge in [-0.2, -0.15) is 18.2 Å². The van der Waals surface area contributed by atoms with Crippen LogP contribution in [0.2, 0.25) is 0 Å². The number of anilines is 2. The third kappa shape index (κ3) is 5.24. The van der Waals surface area contributed by atoms with Crippen molar-refractivity contribution in [1.29, 1.82) is 0 Å². The molecule has 0 amide bonds. The molecule has 5 rings (SSSR count). The van der Waals surface area contributed by atoms with E-state index < -0.39 is 17.3 Å². The number of fused-ring (bicyclic) bond motifs is 1. The number of nitrogens with one attached hydrogen (secondary N) is 2. The molecular formula is C26H20F3N7O2. The summed E-state index contributed by atoms with van der Waals surface area (Å²) in [5.74, 6) is 0.299. The van der Waals surface area contributed by atoms with Gasteiger partial charge < -0.3 is 20.8 Å². The van der Waals surface area contributed by atoms with Gasteiger partial charge in [-0.1, -0.05) is 24.3 Å². The molecule has 9 nitrogen and oxygen atoms in total. The minimum atomic E-state index is -4.46. The number of ether oxygens (including phenoxy) is 1. The van der Waals surface area contributed by atoms with Crippen molar-refractivity contribution in [3.63, 3.8) is 0 Å². The zero-order valence-corrected chi connectivity index (χ0v) is 19.8. The second-order valence-electron chi connectivity index (χ2n) is 8.35. The quantitative estimate of drug-likeness (QED) is 0.274. The molecule has 3 heterocycles. The lowest BCUT2D eigenvalue weighted by Crippen LogP contribution is -2.14. The van der Waals surface area contributed by atoms with Crippen LogP contribution in [-0.2, 0) is 6.18 Å². The third-order valence-corrected chi connectivity index (χ3v) is 5.67. The Kier molecular flexibility index (Phi) is 6.37. The molecule has 1 unspecified atom stereocenters. The summed E-state index contributed by atoms with van der Waals surface area (Å²) < 4.78 is 45.3. The lowest BCUT2D eigenvalue weighted by molar-refractivity contribution is -0.137. The molecule has 0 aliphatic heterocycles. The Morgan fingerprint density at radius 1 is 1.03 bits per heavy atom. The number of rotatable bonds is 6. The van der Waals surface area contributed by atoms with Gasteiger partial charge in [0.1, 0.15) is 5.52 Å². The second-order valence-corrected chi connectivity index (χ2v) is 8.35. The summed E-state index contributed by atoms with van der Waals surface area (Å²) in [6, 6.07) is 14.5. The van der Waals surface area contributed by atoms with Crippen LogP contribution in [0.1, 0.15) is 24.1 Å². The Balaban J connectivity index is 1.56. The van der Waals surface area contributed by atoms with Crippen molar-refractivity contribution < 1.29 is 17.9 Å². The lowest BCUT2D eigenvalue weighted by atomic mass is 10.1. The lowest BCUT2D eigenvalue weighted by Gasteiger charge is -2.16. The minimum Gasteiger partial charge on any atom is -0.436 e. The van der Waals surface area contributed by atoms with Gasteiger partial charge in [-0.25, -0.2) is 9.97 Å². The number of halogens is 3. The number of benzene rings is 2. The molecule has 4 N–H and O–H groups in total. The monoisotopic (exact) mass is 519 g/mol. The highest BCUT2D eigenvalue weighted by Gasteiger charge is 2.30. The Hall–Kier alpha value is -5.00. The first-order chi connectivity index (χ1) is 18.2. The van der Waals surface area contributed by atoms with E-state index >= 15 is 0 Å². The predicted octanol–water partition coefficient (Wildman–Crippen LogP) is 5.34. The number of alkyl halides is 3. The van der Waals surface area contributed by atoms with Crippen LogP contribution in [0.15, 0.2) is 77.9 Å². The average molecular weight is 519 g/mol. The molecule has 0 radical (unpaired) electrons. The van der Waals surface area contributed by atoms with Gasteiger partial charge in [-0.15, -0.1) is 0 Å². The molecule has 38 heavy (non-hydrogen) atoms. The van der Waals surface area contributed by atoms with Gasteiger partial charge >= 0.3 is 6.18 Å². The number of nitrogens with two attached hydrogens (primary N) is 1. The molecule has 0 spiro atoms. The van der Waals surface area contributed by atoms with Crippen LogP contribution in [0.3, 0.4) is 0 Å². The number of nitrogens with zero attached hydrogens (tertiary/aromatic N) is 4. The number of pyridine rings is 1. The average Bonchev–Trinajstić information content (AvgIpc) is 2.90. The van der Waals surface area contributed by atoms with E-state index in [-0.39, 0.29) is 29.4 Å². The van der Waals surface area contributed by atoms with Crippen LogP contribution in [0.25, 0.3) is 22.3 Å². The van der Waals surface area contributed by atoms with E-state index in [0.29, 0.717) is 22.3 Å². The summed E-state index contributed by atoms with van der Waals surface area (Å²) in [6.45, 7) is 1.89. The molecule has 0 aliphatic rings. The topological polar surface area (TPSA) is 132 Å². The van der Waals surface area contributed by atoms with E-state index in [9.17, 15) is 18.0 Å².